The van der Waals surface area contributed by atoms with Gasteiger partial charge in [0.2, 0.25) is 11.6 Å². The van der Waals surface area contributed by atoms with E-state index in [0.29, 0.717) is 13.2 Å². The average molecular weight is 182 g/mol. The number of ether oxygens (including phenoxy) is 3. The highest BCUT2D eigenvalue weighted by atomic mass is 16.7. The van der Waals surface area contributed by atoms with Crippen molar-refractivity contribution in [1.82, 2.24) is 0 Å². The van der Waals surface area contributed by atoms with Gasteiger partial charge in [-0.25, -0.2) is 0 Å². The molecule has 1 aliphatic carbocycles. The van der Waals surface area contributed by atoms with Crippen LogP contribution in [0.25, 0.3) is 0 Å². The van der Waals surface area contributed by atoms with Gasteiger partial charge in [0, 0.05) is 6.08 Å². The molecule has 1 heterocycles. The predicted octanol–water partition coefficient (Wildman–Crippen LogP) is 0.399. The zero-order valence-corrected chi connectivity index (χ0v) is 7.28. The fourth-order valence-corrected chi connectivity index (χ4v) is 1.36. The van der Waals surface area contributed by atoms with E-state index in [1.165, 1.54) is 13.2 Å². The molecule has 1 spiro atoms. The molecule has 1 saturated heterocycles. The van der Waals surface area contributed by atoms with Gasteiger partial charge >= 0.3 is 0 Å². The Balaban J connectivity index is 2.28. The molecule has 2 aliphatic rings. The summed E-state index contributed by atoms with van der Waals surface area (Å²) in [6, 6.07) is 0. The molecule has 0 saturated carbocycles. The molecule has 1 aliphatic heterocycles. The maximum absolute atomic E-state index is 11.2. The van der Waals surface area contributed by atoms with Crippen molar-refractivity contribution >= 4 is 5.78 Å². The summed E-state index contributed by atoms with van der Waals surface area (Å²) < 4.78 is 15.6. The van der Waals surface area contributed by atoms with Gasteiger partial charge < -0.3 is 14.2 Å². The second kappa shape index (κ2) is 2.97. The summed E-state index contributed by atoms with van der Waals surface area (Å²) in [6.07, 6.45) is 4.57. The summed E-state index contributed by atoms with van der Waals surface area (Å²) in [6.45, 7) is 1.07. The van der Waals surface area contributed by atoms with Gasteiger partial charge in [-0.3, -0.25) is 4.79 Å². The van der Waals surface area contributed by atoms with E-state index in [1.807, 2.05) is 0 Å². The minimum Gasteiger partial charge on any atom is -0.493 e. The normalized spacial score (nSPS) is 25.0. The molecule has 2 rings (SSSR count). The second-order valence-corrected chi connectivity index (χ2v) is 2.83. The van der Waals surface area contributed by atoms with Crippen molar-refractivity contribution < 1.29 is 19.0 Å². The second-order valence-electron chi connectivity index (χ2n) is 2.83. The first-order chi connectivity index (χ1) is 6.26. The van der Waals surface area contributed by atoms with E-state index in [2.05, 4.69) is 0 Å². The first-order valence-corrected chi connectivity index (χ1v) is 4.04. The molecular weight excluding hydrogens is 172 g/mol. The van der Waals surface area contributed by atoms with Crippen LogP contribution in [0.2, 0.25) is 0 Å². The fraction of sp³-hybridized carbons (Fsp3) is 0.444. The molecule has 0 aromatic carbocycles. The summed E-state index contributed by atoms with van der Waals surface area (Å²) in [5.74, 6) is -0.754. The van der Waals surface area contributed by atoms with E-state index in [4.69, 9.17) is 14.2 Å². The van der Waals surface area contributed by atoms with Crippen LogP contribution in [0.1, 0.15) is 0 Å². The fourth-order valence-electron chi connectivity index (χ4n) is 1.36. The van der Waals surface area contributed by atoms with Crippen molar-refractivity contribution in [1.29, 1.82) is 0 Å². The molecule has 0 N–H and O–H groups in total. The maximum Gasteiger partial charge on any atom is 0.220 e. The van der Waals surface area contributed by atoms with Crippen LogP contribution >= 0.6 is 0 Å². The predicted molar refractivity (Wildman–Crippen MR) is 43.9 cm³/mol. The number of hydrogen-bond acceptors (Lipinski definition) is 4. The highest BCUT2D eigenvalue weighted by Crippen LogP contribution is 2.27. The van der Waals surface area contributed by atoms with Crippen molar-refractivity contribution in [2.45, 2.75) is 5.79 Å². The number of rotatable bonds is 1. The Morgan fingerprint density at radius 1 is 1.46 bits per heavy atom. The molecule has 0 aromatic heterocycles. The number of allylic oxidation sites excluding steroid dienone is 1. The van der Waals surface area contributed by atoms with Gasteiger partial charge in [0.1, 0.15) is 0 Å². The topological polar surface area (TPSA) is 44.8 Å². The lowest BCUT2D eigenvalue weighted by atomic mass is 10.1. The Labute approximate surface area is 75.8 Å². The van der Waals surface area contributed by atoms with E-state index in [0.717, 1.165) is 0 Å². The lowest BCUT2D eigenvalue weighted by Gasteiger charge is -2.22. The van der Waals surface area contributed by atoms with Crippen molar-refractivity contribution in [2.75, 3.05) is 20.3 Å². The zero-order valence-electron chi connectivity index (χ0n) is 7.28. The summed E-state index contributed by atoms with van der Waals surface area (Å²) >= 11 is 0. The van der Waals surface area contributed by atoms with Crippen molar-refractivity contribution in [3.05, 3.63) is 24.0 Å². The molecule has 1 fully saturated rings. The Hall–Kier alpha value is -1.13. The summed E-state index contributed by atoms with van der Waals surface area (Å²) in [5.41, 5.74) is 0. The van der Waals surface area contributed by atoms with E-state index >= 15 is 0 Å². The van der Waals surface area contributed by atoms with Crippen molar-refractivity contribution in [2.24, 2.45) is 0 Å². The smallest absolute Gasteiger partial charge is 0.220 e. The first-order valence-electron chi connectivity index (χ1n) is 4.04. The molecule has 0 atom stereocenters. The molecule has 13 heavy (non-hydrogen) atoms. The summed E-state index contributed by atoms with van der Waals surface area (Å²) in [5, 5.41) is 0. The van der Waals surface area contributed by atoms with Crippen LogP contribution in [0, 0.1) is 0 Å². The molecule has 0 radical (unpaired) electrons. The van der Waals surface area contributed by atoms with Gasteiger partial charge in [-0.15, -0.1) is 0 Å². The van der Waals surface area contributed by atoms with Crippen molar-refractivity contribution in [3.63, 3.8) is 0 Å². The number of carbonyl (C=O) groups excluding carboxylic acids is 1. The number of hydrogen-bond donors (Lipinski definition) is 0. The molecule has 0 aromatic rings. The third-order valence-electron chi connectivity index (χ3n) is 2.00. The van der Waals surface area contributed by atoms with E-state index in [-0.39, 0.29) is 11.5 Å². The van der Waals surface area contributed by atoms with Gasteiger partial charge in [0.25, 0.3) is 0 Å². The van der Waals surface area contributed by atoms with Crippen LogP contribution in [0.15, 0.2) is 24.0 Å². The maximum atomic E-state index is 11.2. The lowest BCUT2D eigenvalue weighted by Crippen LogP contribution is -2.29. The van der Waals surface area contributed by atoms with Gasteiger partial charge in [0.05, 0.1) is 20.3 Å². The summed E-state index contributed by atoms with van der Waals surface area (Å²) in [7, 11) is 1.45. The number of ketones is 1. The molecular formula is C9H10O4. The van der Waals surface area contributed by atoms with Gasteiger partial charge in [-0.05, 0) is 12.2 Å². The SMILES string of the molecule is COC1=CC2(C=CC1=O)OCCO2. The van der Waals surface area contributed by atoms with Crippen LogP contribution < -0.4 is 0 Å². The minimum absolute atomic E-state index is 0.160. The van der Waals surface area contributed by atoms with E-state index < -0.39 is 5.79 Å². The molecule has 70 valence electrons. The van der Waals surface area contributed by atoms with E-state index in [1.54, 1.807) is 12.2 Å². The highest BCUT2D eigenvalue weighted by Gasteiger charge is 2.36. The van der Waals surface area contributed by atoms with Gasteiger partial charge in [0.15, 0.2) is 5.76 Å². The Bertz CT molecular complexity index is 284. The van der Waals surface area contributed by atoms with Crippen LogP contribution in [0.3, 0.4) is 0 Å². The van der Waals surface area contributed by atoms with E-state index in [9.17, 15) is 4.79 Å². The quantitative estimate of drug-likeness (QED) is 0.588. The monoisotopic (exact) mass is 182 g/mol. The van der Waals surface area contributed by atoms with Crippen LogP contribution in [-0.4, -0.2) is 31.9 Å². The first kappa shape index (κ1) is 8.47. The molecule has 4 nitrogen and oxygen atoms in total. The number of carbonyl (C=O) groups is 1. The third kappa shape index (κ3) is 1.38. The Kier molecular flexibility index (Phi) is 1.94. The van der Waals surface area contributed by atoms with Crippen LogP contribution in [0.4, 0.5) is 0 Å². The largest absolute Gasteiger partial charge is 0.493 e. The third-order valence-corrected chi connectivity index (χ3v) is 2.00. The molecule has 4 heteroatoms. The molecule has 0 amide bonds. The average Bonchev–Trinajstić information content (AvgIpc) is 2.59. The molecule has 0 bridgehead atoms. The van der Waals surface area contributed by atoms with Gasteiger partial charge in [-0.1, -0.05) is 0 Å². The van der Waals surface area contributed by atoms with Crippen LogP contribution in [-0.2, 0) is 19.0 Å². The number of methoxy groups -OCH3 is 1. The molecule has 0 unspecified atom stereocenters. The van der Waals surface area contributed by atoms with Crippen molar-refractivity contribution in [3.8, 4) is 0 Å². The Morgan fingerprint density at radius 3 is 2.77 bits per heavy atom. The lowest BCUT2D eigenvalue weighted by molar-refractivity contribution is -0.117. The summed E-state index contributed by atoms with van der Waals surface area (Å²) in [4.78, 5) is 11.2. The van der Waals surface area contributed by atoms with Crippen LogP contribution in [0.5, 0.6) is 0 Å². The Morgan fingerprint density at radius 2 is 2.15 bits per heavy atom. The minimum atomic E-state index is -0.862. The zero-order chi connectivity index (χ0) is 9.31. The standard InChI is InChI=1S/C9H10O4/c1-11-8-6-9(3-2-7(8)10)12-4-5-13-9/h2-3,6H,4-5H2,1H3. The van der Waals surface area contributed by atoms with Gasteiger partial charge in [-0.2, -0.15) is 0 Å². The highest BCUT2D eigenvalue weighted by molar-refractivity contribution is 6.03.